The standard InChI is InChI=1S/C58H38N2/c1-2-14-39(15-3-1)40-32-34-45(35-33-40)59(47-19-13-20-48(38-47)60-55-26-10-8-23-51(55)52-24-9-11-27-56(52)60)46-18-12-17-43(36-46)54-37-44-31-30-42-29-28-41-16-4-5-21-49(41)57(42)58(44)53-25-7-6-22-50(53)54/h1-38H. The van der Waals surface area contributed by atoms with Crippen molar-refractivity contribution in [1.29, 1.82) is 0 Å². The highest BCUT2D eigenvalue weighted by Crippen LogP contribution is 2.44. The van der Waals surface area contributed by atoms with E-state index < -0.39 is 0 Å². The molecule has 60 heavy (non-hydrogen) atoms. The average molecular weight is 763 g/mol. The van der Waals surface area contributed by atoms with Gasteiger partial charge in [-0.3, -0.25) is 0 Å². The zero-order valence-electron chi connectivity index (χ0n) is 32.8. The molecule has 1 heterocycles. The van der Waals surface area contributed by atoms with Crippen LogP contribution in [0.5, 0.6) is 0 Å². The number of hydrogen-bond donors (Lipinski definition) is 0. The third-order valence-electron chi connectivity index (χ3n) is 12.3. The summed E-state index contributed by atoms with van der Waals surface area (Å²) in [5, 5.41) is 12.7. The maximum Gasteiger partial charge on any atom is 0.0541 e. The summed E-state index contributed by atoms with van der Waals surface area (Å²) in [6, 6.07) is 84.3. The van der Waals surface area contributed by atoms with Crippen LogP contribution in [0.15, 0.2) is 231 Å². The van der Waals surface area contributed by atoms with Gasteiger partial charge in [0.05, 0.1) is 11.0 Å². The van der Waals surface area contributed by atoms with Crippen molar-refractivity contribution in [2.24, 2.45) is 0 Å². The van der Waals surface area contributed by atoms with Crippen LogP contribution in [0, 0.1) is 0 Å². The molecule has 12 rings (SSSR count). The van der Waals surface area contributed by atoms with Crippen molar-refractivity contribution in [1.82, 2.24) is 4.57 Å². The van der Waals surface area contributed by atoms with E-state index in [1.165, 1.54) is 87.1 Å². The van der Waals surface area contributed by atoms with Crippen LogP contribution in [-0.4, -0.2) is 4.57 Å². The molecule has 0 aliphatic carbocycles. The molecule has 0 saturated heterocycles. The van der Waals surface area contributed by atoms with Gasteiger partial charge in [0.15, 0.2) is 0 Å². The van der Waals surface area contributed by atoms with Gasteiger partial charge in [-0.05, 0) is 126 Å². The van der Waals surface area contributed by atoms with Gasteiger partial charge in [0.25, 0.3) is 0 Å². The number of rotatable bonds is 6. The van der Waals surface area contributed by atoms with E-state index in [2.05, 4.69) is 240 Å². The summed E-state index contributed by atoms with van der Waals surface area (Å²) in [7, 11) is 0. The van der Waals surface area contributed by atoms with Crippen molar-refractivity contribution in [2.75, 3.05) is 4.90 Å². The quantitative estimate of drug-likeness (QED) is 0.153. The molecule has 0 aliphatic rings. The topological polar surface area (TPSA) is 8.17 Å². The average Bonchev–Trinajstić information content (AvgIpc) is 3.66. The molecule has 0 spiro atoms. The van der Waals surface area contributed by atoms with Gasteiger partial charge < -0.3 is 9.47 Å². The summed E-state index contributed by atoms with van der Waals surface area (Å²) in [6.45, 7) is 0. The van der Waals surface area contributed by atoms with Crippen molar-refractivity contribution in [3.63, 3.8) is 0 Å². The number of para-hydroxylation sites is 2. The number of fused-ring (bicyclic) bond motifs is 10. The molecule has 2 heteroatoms. The van der Waals surface area contributed by atoms with E-state index in [0.717, 1.165) is 22.7 Å². The van der Waals surface area contributed by atoms with Gasteiger partial charge >= 0.3 is 0 Å². The van der Waals surface area contributed by atoms with E-state index in [0.29, 0.717) is 0 Å². The van der Waals surface area contributed by atoms with Crippen molar-refractivity contribution < 1.29 is 0 Å². The molecular weight excluding hydrogens is 725 g/mol. The summed E-state index contributed by atoms with van der Waals surface area (Å²) in [4.78, 5) is 2.40. The number of benzene rings is 11. The van der Waals surface area contributed by atoms with E-state index in [4.69, 9.17) is 0 Å². The Balaban J connectivity index is 1.06. The van der Waals surface area contributed by atoms with E-state index in [9.17, 15) is 0 Å². The molecule has 0 saturated carbocycles. The first kappa shape index (κ1) is 34.1. The molecule has 0 unspecified atom stereocenters. The Kier molecular flexibility index (Phi) is 7.89. The molecule has 0 fully saturated rings. The molecule has 0 amide bonds. The number of anilines is 3. The van der Waals surface area contributed by atoms with Gasteiger partial charge in [-0.1, -0.05) is 170 Å². The lowest BCUT2D eigenvalue weighted by Crippen LogP contribution is -2.10. The Morgan fingerprint density at radius 1 is 0.283 bits per heavy atom. The van der Waals surface area contributed by atoms with E-state index in [-0.39, 0.29) is 0 Å². The molecule has 11 aromatic carbocycles. The molecule has 0 bridgehead atoms. The van der Waals surface area contributed by atoms with Crippen LogP contribution in [0.1, 0.15) is 0 Å². The Labute approximate surface area is 348 Å². The fraction of sp³-hybridized carbons (Fsp3) is 0. The second kappa shape index (κ2) is 13.9. The van der Waals surface area contributed by atoms with E-state index >= 15 is 0 Å². The first-order valence-corrected chi connectivity index (χ1v) is 20.7. The Morgan fingerprint density at radius 2 is 0.817 bits per heavy atom. The lowest BCUT2D eigenvalue weighted by atomic mass is 9.89. The molecule has 0 N–H and O–H groups in total. The van der Waals surface area contributed by atoms with Gasteiger partial charge in [-0.25, -0.2) is 0 Å². The maximum absolute atomic E-state index is 2.40. The molecule has 1 aromatic heterocycles. The fourth-order valence-corrected chi connectivity index (χ4v) is 9.60. The van der Waals surface area contributed by atoms with Gasteiger partial charge in [0.1, 0.15) is 0 Å². The maximum atomic E-state index is 2.40. The monoisotopic (exact) mass is 762 g/mol. The molecule has 2 nitrogen and oxygen atoms in total. The minimum Gasteiger partial charge on any atom is -0.310 e. The highest BCUT2D eigenvalue weighted by atomic mass is 15.1. The van der Waals surface area contributed by atoms with Crippen molar-refractivity contribution in [2.45, 2.75) is 0 Å². The summed E-state index contributed by atoms with van der Waals surface area (Å²) in [5.74, 6) is 0. The molecule has 280 valence electrons. The second-order valence-electron chi connectivity index (χ2n) is 15.7. The predicted octanol–water partition coefficient (Wildman–Crippen LogP) is 16.2. The van der Waals surface area contributed by atoms with Crippen LogP contribution in [0.4, 0.5) is 17.1 Å². The zero-order chi connectivity index (χ0) is 39.6. The second-order valence-corrected chi connectivity index (χ2v) is 15.7. The van der Waals surface area contributed by atoms with Gasteiger partial charge in [-0.2, -0.15) is 0 Å². The van der Waals surface area contributed by atoms with E-state index in [1.54, 1.807) is 0 Å². The largest absolute Gasteiger partial charge is 0.310 e. The van der Waals surface area contributed by atoms with Crippen LogP contribution in [0.2, 0.25) is 0 Å². The minimum atomic E-state index is 1.08. The molecule has 0 atom stereocenters. The van der Waals surface area contributed by atoms with Crippen molar-refractivity contribution in [3.8, 4) is 27.9 Å². The van der Waals surface area contributed by atoms with Gasteiger partial charge in [-0.15, -0.1) is 0 Å². The van der Waals surface area contributed by atoms with Gasteiger partial charge in [0, 0.05) is 33.5 Å². The highest BCUT2D eigenvalue weighted by Gasteiger charge is 2.19. The zero-order valence-corrected chi connectivity index (χ0v) is 32.8. The number of aromatic nitrogens is 1. The third-order valence-corrected chi connectivity index (χ3v) is 12.3. The van der Waals surface area contributed by atoms with E-state index in [1.807, 2.05) is 0 Å². The highest BCUT2D eigenvalue weighted by molar-refractivity contribution is 6.29. The summed E-state index contributed by atoms with van der Waals surface area (Å²) < 4.78 is 2.40. The molecule has 0 aliphatic heterocycles. The third kappa shape index (κ3) is 5.50. The lowest BCUT2D eigenvalue weighted by molar-refractivity contribution is 1.17. The van der Waals surface area contributed by atoms with Crippen LogP contribution < -0.4 is 4.90 Å². The van der Waals surface area contributed by atoms with Crippen LogP contribution in [0.25, 0.3) is 92.8 Å². The number of nitrogens with zero attached hydrogens (tertiary/aromatic N) is 2. The van der Waals surface area contributed by atoms with Gasteiger partial charge in [0.2, 0.25) is 0 Å². The smallest absolute Gasteiger partial charge is 0.0541 e. The number of hydrogen-bond acceptors (Lipinski definition) is 1. The molecular formula is C58H38N2. The minimum absolute atomic E-state index is 1.08. The SMILES string of the molecule is c1ccc(-c2ccc(N(c3cccc(-c4cc5ccc6ccc7ccccc7c6c5c5ccccc45)c3)c3cccc(-n4c5ccccc5c5ccccc54)c3)cc2)cc1. The predicted molar refractivity (Wildman–Crippen MR) is 256 cm³/mol. The Hall–Kier alpha value is -7.94. The van der Waals surface area contributed by atoms with Crippen LogP contribution >= 0.6 is 0 Å². The normalized spacial score (nSPS) is 11.7. The Morgan fingerprint density at radius 3 is 1.57 bits per heavy atom. The van der Waals surface area contributed by atoms with Crippen molar-refractivity contribution >= 4 is 82.0 Å². The summed E-state index contributed by atoms with van der Waals surface area (Å²) >= 11 is 0. The summed E-state index contributed by atoms with van der Waals surface area (Å²) in [5.41, 5.74) is 11.6. The van der Waals surface area contributed by atoms with Crippen LogP contribution in [0.3, 0.4) is 0 Å². The van der Waals surface area contributed by atoms with Crippen LogP contribution in [-0.2, 0) is 0 Å². The fourth-order valence-electron chi connectivity index (χ4n) is 9.60. The summed E-state index contributed by atoms with van der Waals surface area (Å²) in [6.07, 6.45) is 0. The first-order valence-electron chi connectivity index (χ1n) is 20.7. The Bertz CT molecular complexity index is 3540. The first-order chi connectivity index (χ1) is 29.8. The van der Waals surface area contributed by atoms with Crippen molar-refractivity contribution in [3.05, 3.63) is 231 Å². The molecule has 0 radical (unpaired) electrons. The molecule has 12 aromatic rings. The lowest BCUT2D eigenvalue weighted by Gasteiger charge is -2.27.